The van der Waals surface area contributed by atoms with Gasteiger partial charge in [-0.2, -0.15) is 0 Å². The van der Waals surface area contributed by atoms with Crippen LogP contribution in [0.2, 0.25) is 0 Å². The van der Waals surface area contributed by atoms with E-state index in [4.69, 9.17) is 0 Å². The summed E-state index contributed by atoms with van der Waals surface area (Å²) < 4.78 is 0. The van der Waals surface area contributed by atoms with Crippen LogP contribution in [0.5, 0.6) is 0 Å². The second-order valence-electron chi connectivity index (χ2n) is 11.3. The van der Waals surface area contributed by atoms with E-state index in [1.165, 1.54) is 75.4 Å². The topological polar surface area (TPSA) is 0 Å². The standard InChI is InChI=1S/C29H46/c1-21(2)10-7-8-11-24(5)27-17-18-28-25(12-9-19-29(27,28)6)15-16-26-20-22(3)13-14-23(26)4/h7-8,15-16,21-22,24,27-28H,4,9-14,17-20H2,1-3,5-6H3/b8-7+,25-15+,26-16+/t22-,24?,27+,28?,29+/m0/s1. The van der Waals surface area contributed by atoms with Gasteiger partial charge in [-0.25, -0.2) is 0 Å². The Bertz CT molecular complexity index is 658. The number of allylic oxidation sites excluding steroid dienone is 7. The maximum Gasteiger partial charge on any atom is -0.0143 e. The van der Waals surface area contributed by atoms with Crippen molar-refractivity contribution >= 4 is 0 Å². The Morgan fingerprint density at radius 2 is 1.79 bits per heavy atom. The summed E-state index contributed by atoms with van der Waals surface area (Å²) in [5, 5.41) is 0. The molecular formula is C29H46. The van der Waals surface area contributed by atoms with Crippen molar-refractivity contribution in [3.63, 3.8) is 0 Å². The van der Waals surface area contributed by atoms with Crippen LogP contribution in [0.25, 0.3) is 0 Å². The first kappa shape index (κ1) is 22.6. The van der Waals surface area contributed by atoms with Gasteiger partial charge in [0.15, 0.2) is 0 Å². The smallest absolute Gasteiger partial charge is 0.0143 e. The molecule has 0 amide bonds. The molecular weight excluding hydrogens is 348 g/mol. The zero-order chi connectivity index (χ0) is 21.0. The summed E-state index contributed by atoms with van der Waals surface area (Å²) >= 11 is 0. The summed E-state index contributed by atoms with van der Waals surface area (Å²) in [6, 6.07) is 0. The number of hydrogen-bond acceptors (Lipinski definition) is 0. The molecule has 0 aliphatic heterocycles. The molecule has 0 spiro atoms. The second kappa shape index (κ2) is 9.84. The monoisotopic (exact) mass is 394 g/mol. The highest BCUT2D eigenvalue weighted by molar-refractivity contribution is 5.36. The maximum atomic E-state index is 4.35. The molecule has 0 radical (unpaired) electrons. The molecule has 3 fully saturated rings. The second-order valence-corrected chi connectivity index (χ2v) is 11.3. The Labute approximate surface area is 181 Å². The van der Waals surface area contributed by atoms with Crippen LogP contribution >= 0.6 is 0 Å². The van der Waals surface area contributed by atoms with Crippen molar-refractivity contribution in [1.82, 2.24) is 0 Å². The highest BCUT2D eigenvalue weighted by Crippen LogP contribution is 2.59. The Morgan fingerprint density at radius 3 is 2.55 bits per heavy atom. The van der Waals surface area contributed by atoms with Gasteiger partial charge in [-0.3, -0.25) is 0 Å². The Morgan fingerprint density at radius 1 is 1.03 bits per heavy atom. The van der Waals surface area contributed by atoms with E-state index >= 15 is 0 Å². The molecule has 0 nitrogen and oxygen atoms in total. The first-order valence-electron chi connectivity index (χ1n) is 12.5. The fraction of sp³-hybridized carbons (Fsp3) is 0.724. The SMILES string of the molecule is C=C1CC[C@H](C)C/C1=C\C=C1/CCC[C@@]2(C)C1CC[C@@H]2C(C)C/C=C/CC(C)C. The predicted molar refractivity (Wildman–Crippen MR) is 129 cm³/mol. The molecule has 2 unspecified atom stereocenters. The fourth-order valence-electron chi connectivity index (χ4n) is 6.65. The number of rotatable bonds is 6. The zero-order valence-electron chi connectivity index (χ0n) is 20.0. The summed E-state index contributed by atoms with van der Waals surface area (Å²) in [5.41, 5.74) is 5.19. The van der Waals surface area contributed by atoms with E-state index in [0.717, 1.165) is 29.6 Å². The lowest BCUT2D eigenvalue weighted by atomic mass is 9.61. The largest absolute Gasteiger partial charge is 0.0956 e. The Hall–Kier alpha value is -1.04. The molecule has 0 aromatic carbocycles. The molecule has 0 aromatic heterocycles. The third-order valence-corrected chi connectivity index (χ3v) is 8.47. The summed E-state index contributed by atoms with van der Waals surface area (Å²) in [5.74, 6) is 4.11. The molecule has 162 valence electrons. The molecule has 0 heteroatoms. The Kier molecular flexibility index (Phi) is 7.69. The van der Waals surface area contributed by atoms with Crippen LogP contribution < -0.4 is 0 Å². The minimum atomic E-state index is 0.519. The van der Waals surface area contributed by atoms with Crippen molar-refractivity contribution in [2.24, 2.45) is 35.0 Å². The van der Waals surface area contributed by atoms with Crippen molar-refractivity contribution in [2.75, 3.05) is 0 Å². The first-order chi connectivity index (χ1) is 13.8. The summed E-state index contributed by atoms with van der Waals surface area (Å²) in [6.45, 7) is 16.5. The minimum Gasteiger partial charge on any atom is -0.0956 e. The summed E-state index contributed by atoms with van der Waals surface area (Å²) in [7, 11) is 0. The lowest BCUT2D eigenvalue weighted by molar-refractivity contribution is 0.0985. The lowest BCUT2D eigenvalue weighted by Gasteiger charge is -2.44. The molecule has 3 rings (SSSR count). The van der Waals surface area contributed by atoms with Crippen molar-refractivity contribution < 1.29 is 0 Å². The van der Waals surface area contributed by atoms with Crippen LogP contribution in [0.3, 0.4) is 0 Å². The van der Waals surface area contributed by atoms with Gasteiger partial charge in [0.2, 0.25) is 0 Å². The van der Waals surface area contributed by atoms with Gasteiger partial charge in [-0.1, -0.05) is 76.6 Å². The molecule has 0 N–H and O–H groups in total. The van der Waals surface area contributed by atoms with Gasteiger partial charge in [-0.05, 0) is 105 Å². The van der Waals surface area contributed by atoms with Crippen LogP contribution in [0.15, 0.2) is 47.6 Å². The van der Waals surface area contributed by atoms with Gasteiger partial charge in [0.1, 0.15) is 0 Å². The molecule has 0 saturated heterocycles. The highest BCUT2D eigenvalue weighted by atomic mass is 14.5. The van der Waals surface area contributed by atoms with E-state index < -0.39 is 0 Å². The van der Waals surface area contributed by atoms with E-state index in [-0.39, 0.29) is 0 Å². The molecule has 0 bridgehead atoms. The quantitative estimate of drug-likeness (QED) is 0.394. The number of hydrogen-bond donors (Lipinski definition) is 0. The van der Waals surface area contributed by atoms with Gasteiger partial charge >= 0.3 is 0 Å². The predicted octanol–water partition coefficient (Wildman–Crippen LogP) is 9.06. The van der Waals surface area contributed by atoms with Gasteiger partial charge < -0.3 is 0 Å². The van der Waals surface area contributed by atoms with Crippen LogP contribution in [-0.4, -0.2) is 0 Å². The van der Waals surface area contributed by atoms with Crippen LogP contribution in [-0.2, 0) is 0 Å². The van der Waals surface area contributed by atoms with Gasteiger partial charge in [0, 0.05) is 0 Å². The van der Waals surface area contributed by atoms with Crippen molar-refractivity contribution in [3.8, 4) is 0 Å². The highest BCUT2D eigenvalue weighted by Gasteiger charge is 2.50. The zero-order valence-corrected chi connectivity index (χ0v) is 20.0. The van der Waals surface area contributed by atoms with E-state index in [1.807, 2.05) is 0 Å². The normalized spacial score (nSPS) is 37.0. The van der Waals surface area contributed by atoms with E-state index in [1.54, 1.807) is 5.57 Å². The average Bonchev–Trinajstić information content (AvgIpc) is 3.03. The molecule has 0 aromatic rings. The minimum absolute atomic E-state index is 0.519. The number of fused-ring (bicyclic) bond motifs is 1. The van der Waals surface area contributed by atoms with Crippen molar-refractivity contribution in [1.29, 1.82) is 0 Å². The van der Waals surface area contributed by atoms with Gasteiger partial charge in [0.05, 0.1) is 0 Å². The van der Waals surface area contributed by atoms with E-state index in [2.05, 4.69) is 65.5 Å². The third-order valence-electron chi connectivity index (χ3n) is 8.47. The molecule has 0 heterocycles. The van der Waals surface area contributed by atoms with Gasteiger partial charge in [0.25, 0.3) is 0 Å². The molecule has 3 aliphatic rings. The van der Waals surface area contributed by atoms with Gasteiger partial charge in [-0.15, -0.1) is 0 Å². The first-order valence-corrected chi connectivity index (χ1v) is 12.5. The summed E-state index contributed by atoms with van der Waals surface area (Å²) in [4.78, 5) is 0. The molecule has 5 atom stereocenters. The van der Waals surface area contributed by atoms with Crippen LogP contribution in [0.4, 0.5) is 0 Å². The molecule has 3 saturated carbocycles. The lowest BCUT2D eigenvalue weighted by Crippen LogP contribution is -2.35. The molecule has 29 heavy (non-hydrogen) atoms. The van der Waals surface area contributed by atoms with E-state index in [9.17, 15) is 0 Å². The van der Waals surface area contributed by atoms with Crippen molar-refractivity contribution in [3.05, 3.63) is 47.6 Å². The average molecular weight is 395 g/mol. The summed E-state index contributed by atoms with van der Waals surface area (Å²) in [6.07, 6.45) is 23.1. The third kappa shape index (κ3) is 5.36. The van der Waals surface area contributed by atoms with Crippen LogP contribution in [0.1, 0.15) is 98.8 Å². The van der Waals surface area contributed by atoms with Crippen molar-refractivity contribution in [2.45, 2.75) is 98.8 Å². The fourth-order valence-corrected chi connectivity index (χ4v) is 6.65. The Balaban J connectivity index is 1.69. The maximum absolute atomic E-state index is 4.35. The molecule has 3 aliphatic carbocycles. The van der Waals surface area contributed by atoms with E-state index in [0.29, 0.717) is 5.41 Å². The van der Waals surface area contributed by atoms with Crippen LogP contribution in [0, 0.1) is 35.0 Å².